The van der Waals surface area contributed by atoms with Gasteiger partial charge in [-0.1, -0.05) is 56.5 Å². The van der Waals surface area contributed by atoms with Crippen LogP contribution in [0.4, 0.5) is 5.69 Å². The van der Waals surface area contributed by atoms with Crippen molar-refractivity contribution in [3.63, 3.8) is 0 Å². The fourth-order valence-corrected chi connectivity index (χ4v) is 6.60. The molecular weight excluding hydrogens is 584 g/mol. The number of ether oxygens (including phenoxy) is 1. The number of anilines is 1. The molecule has 0 fully saturated rings. The molecule has 240 valence electrons. The number of nitrogens with zero attached hydrogens (tertiary/aromatic N) is 1. The molecule has 0 spiro atoms. The van der Waals surface area contributed by atoms with Gasteiger partial charge in [-0.25, -0.2) is 0 Å². The van der Waals surface area contributed by atoms with Crippen molar-refractivity contribution in [3.8, 4) is 5.75 Å². The van der Waals surface area contributed by atoms with E-state index < -0.39 is 0 Å². The van der Waals surface area contributed by atoms with Gasteiger partial charge in [0, 0.05) is 65.3 Å². The third kappa shape index (κ3) is 9.46. The molecule has 2 aromatic heterocycles. The third-order valence-corrected chi connectivity index (χ3v) is 9.06. The molecule has 4 aromatic rings. The Morgan fingerprint density at radius 3 is 2.44 bits per heavy atom. The fourth-order valence-electron chi connectivity index (χ4n) is 6.43. The van der Waals surface area contributed by atoms with Crippen LogP contribution in [-0.2, 0) is 28.9 Å². The number of halogens is 1. The molecule has 3 N–H and O–H groups in total. The van der Waals surface area contributed by atoms with Gasteiger partial charge >= 0.3 is 5.97 Å². The summed E-state index contributed by atoms with van der Waals surface area (Å²) in [6.07, 6.45) is 18.2. The molecule has 45 heavy (non-hydrogen) atoms. The quantitative estimate of drug-likeness (QED) is 0.0615. The van der Waals surface area contributed by atoms with E-state index in [2.05, 4.69) is 21.7 Å². The van der Waals surface area contributed by atoms with E-state index in [0.29, 0.717) is 18.7 Å². The lowest BCUT2D eigenvalue weighted by atomic mass is 9.92. The van der Waals surface area contributed by atoms with Crippen molar-refractivity contribution >= 4 is 51.0 Å². The van der Waals surface area contributed by atoms with Gasteiger partial charge in [0.2, 0.25) is 5.91 Å². The molecule has 0 aliphatic heterocycles. The summed E-state index contributed by atoms with van der Waals surface area (Å²) in [7, 11) is 0. The molecule has 7 nitrogen and oxygen atoms in total. The highest BCUT2D eigenvalue weighted by Crippen LogP contribution is 2.34. The fraction of sp³-hybridized carbons (Fsp3) is 0.486. The number of aromatic nitrogens is 2. The largest absolute Gasteiger partial charge is 0.427 e. The van der Waals surface area contributed by atoms with E-state index in [0.717, 1.165) is 72.1 Å². The molecule has 0 saturated carbocycles. The van der Waals surface area contributed by atoms with Crippen molar-refractivity contribution in [1.29, 1.82) is 0 Å². The van der Waals surface area contributed by atoms with Gasteiger partial charge in [0.15, 0.2) is 0 Å². The van der Waals surface area contributed by atoms with Crippen molar-refractivity contribution in [3.05, 3.63) is 64.4 Å². The monoisotopic (exact) mass is 630 g/mol. The molecular formula is C37H47ClN4O3. The molecule has 2 aromatic carbocycles. The van der Waals surface area contributed by atoms with Crippen molar-refractivity contribution in [2.24, 2.45) is 0 Å². The average molecular weight is 631 g/mol. The average Bonchev–Trinajstić information content (AvgIpc) is 3.42. The Kier molecular flexibility index (Phi) is 12.1. The van der Waals surface area contributed by atoms with Crippen LogP contribution in [-0.4, -0.2) is 34.9 Å². The molecule has 0 saturated heterocycles. The number of esters is 1. The van der Waals surface area contributed by atoms with E-state index in [4.69, 9.17) is 21.3 Å². The van der Waals surface area contributed by atoms with Crippen molar-refractivity contribution in [1.82, 2.24) is 15.3 Å². The molecule has 8 heteroatoms. The summed E-state index contributed by atoms with van der Waals surface area (Å²) in [6, 6.07) is 11.7. The number of nitrogens with one attached hydrogen (secondary N) is 3. The van der Waals surface area contributed by atoms with E-state index >= 15 is 0 Å². The second-order valence-electron chi connectivity index (χ2n) is 12.4. The molecule has 0 bridgehead atoms. The number of aryl methyl sites for hydroxylation is 1. The summed E-state index contributed by atoms with van der Waals surface area (Å²) in [5.41, 5.74) is 7.02. The zero-order chi connectivity index (χ0) is 31.4. The standard InChI is InChI=1S/C37H47ClN4O3/c1-26(43)39-22-20-27-25-41-33-19-17-29(24-32(27)33)45-36(44)15-9-7-5-3-2-4-6-8-12-21-40-37-30-13-10-11-14-34(30)42-35-23-28(38)16-18-31(35)37/h16-19,23-25,41H,2-15,20-22H2,1H3,(H,39,43)(H,40,42). The van der Waals surface area contributed by atoms with Gasteiger partial charge < -0.3 is 20.4 Å². The maximum atomic E-state index is 12.4. The first kappa shape index (κ1) is 32.8. The van der Waals surface area contributed by atoms with Crippen LogP contribution in [0.5, 0.6) is 5.75 Å². The SMILES string of the molecule is CC(=O)NCCc1c[nH]c2ccc(OC(=O)CCCCCCCCCCCNc3c4c(nc5cc(Cl)ccc35)CCCC4)cc12. The summed E-state index contributed by atoms with van der Waals surface area (Å²) >= 11 is 6.26. The molecule has 0 unspecified atom stereocenters. The second-order valence-corrected chi connectivity index (χ2v) is 12.8. The minimum absolute atomic E-state index is 0.0377. The van der Waals surface area contributed by atoms with Crippen LogP contribution in [0.15, 0.2) is 42.6 Å². The first-order valence-electron chi connectivity index (χ1n) is 16.9. The van der Waals surface area contributed by atoms with Crippen LogP contribution >= 0.6 is 11.6 Å². The second kappa shape index (κ2) is 16.6. The van der Waals surface area contributed by atoms with Crippen LogP contribution in [0.25, 0.3) is 21.8 Å². The Morgan fingerprint density at radius 1 is 0.889 bits per heavy atom. The number of rotatable bonds is 17. The van der Waals surface area contributed by atoms with Gasteiger partial charge in [-0.3, -0.25) is 14.6 Å². The Labute approximate surface area is 271 Å². The zero-order valence-corrected chi connectivity index (χ0v) is 27.4. The van der Waals surface area contributed by atoms with E-state index in [1.165, 1.54) is 80.6 Å². The Balaban J connectivity index is 0.921. The molecule has 0 radical (unpaired) electrons. The minimum Gasteiger partial charge on any atom is -0.427 e. The Bertz CT molecular complexity index is 1600. The summed E-state index contributed by atoms with van der Waals surface area (Å²) in [4.78, 5) is 31.8. The lowest BCUT2D eigenvalue weighted by Crippen LogP contribution is -2.22. The number of aromatic amines is 1. The lowest BCUT2D eigenvalue weighted by molar-refractivity contribution is -0.134. The first-order chi connectivity index (χ1) is 22.0. The predicted octanol–water partition coefficient (Wildman–Crippen LogP) is 8.85. The zero-order valence-electron chi connectivity index (χ0n) is 26.6. The van der Waals surface area contributed by atoms with Gasteiger partial charge in [0.1, 0.15) is 5.75 Å². The normalized spacial score (nSPS) is 12.8. The highest BCUT2D eigenvalue weighted by atomic mass is 35.5. The van der Waals surface area contributed by atoms with E-state index in [-0.39, 0.29) is 11.9 Å². The van der Waals surface area contributed by atoms with Crippen molar-refractivity contribution < 1.29 is 14.3 Å². The smallest absolute Gasteiger partial charge is 0.311 e. The van der Waals surface area contributed by atoms with Crippen LogP contribution in [0.1, 0.15) is 101 Å². The van der Waals surface area contributed by atoms with Gasteiger partial charge in [0.25, 0.3) is 0 Å². The number of unbranched alkanes of at least 4 members (excludes halogenated alkanes) is 8. The minimum atomic E-state index is -0.178. The van der Waals surface area contributed by atoms with Crippen LogP contribution in [0, 0.1) is 0 Å². The number of benzene rings is 2. The predicted molar refractivity (Wildman–Crippen MR) is 184 cm³/mol. The summed E-state index contributed by atoms with van der Waals surface area (Å²) in [5, 5.41) is 9.55. The molecule has 1 amide bonds. The van der Waals surface area contributed by atoms with Gasteiger partial charge in [-0.15, -0.1) is 0 Å². The number of hydrogen-bond donors (Lipinski definition) is 3. The Morgan fingerprint density at radius 2 is 1.64 bits per heavy atom. The highest BCUT2D eigenvalue weighted by Gasteiger charge is 2.18. The number of carbonyl (C=O) groups is 2. The summed E-state index contributed by atoms with van der Waals surface area (Å²) < 4.78 is 5.63. The first-order valence-corrected chi connectivity index (χ1v) is 17.3. The number of fused-ring (bicyclic) bond motifs is 3. The molecule has 5 rings (SSSR count). The van der Waals surface area contributed by atoms with Crippen LogP contribution < -0.4 is 15.4 Å². The van der Waals surface area contributed by atoms with Crippen LogP contribution in [0.2, 0.25) is 5.02 Å². The molecule has 0 atom stereocenters. The highest BCUT2D eigenvalue weighted by molar-refractivity contribution is 6.31. The van der Waals surface area contributed by atoms with Crippen LogP contribution in [0.3, 0.4) is 0 Å². The summed E-state index contributed by atoms with van der Waals surface area (Å²) in [5.74, 6) is 0.355. The number of carbonyl (C=O) groups excluding carboxylic acids is 2. The summed E-state index contributed by atoms with van der Waals surface area (Å²) in [6.45, 7) is 3.08. The Hall–Kier alpha value is -3.58. The maximum absolute atomic E-state index is 12.4. The number of H-pyrrole nitrogens is 1. The third-order valence-electron chi connectivity index (χ3n) is 8.82. The van der Waals surface area contributed by atoms with E-state index in [1.54, 1.807) is 0 Å². The molecule has 1 aliphatic carbocycles. The van der Waals surface area contributed by atoms with Gasteiger partial charge in [0.05, 0.1) is 5.52 Å². The lowest BCUT2D eigenvalue weighted by Gasteiger charge is -2.22. The van der Waals surface area contributed by atoms with Crippen molar-refractivity contribution in [2.75, 3.05) is 18.4 Å². The molecule has 1 aliphatic rings. The molecule has 2 heterocycles. The number of pyridine rings is 1. The topological polar surface area (TPSA) is 96.1 Å². The number of hydrogen-bond acceptors (Lipinski definition) is 5. The maximum Gasteiger partial charge on any atom is 0.311 e. The van der Waals surface area contributed by atoms with Gasteiger partial charge in [-0.2, -0.15) is 0 Å². The van der Waals surface area contributed by atoms with Crippen molar-refractivity contribution in [2.45, 2.75) is 103 Å². The van der Waals surface area contributed by atoms with E-state index in [9.17, 15) is 9.59 Å². The van der Waals surface area contributed by atoms with E-state index in [1.807, 2.05) is 36.5 Å². The number of amides is 1. The van der Waals surface area contributed by atoms with Gasteiger partial charge in [-0.05, 0) is 92.5 Å².